The van der Waals surface area contributed by atoms with E-state index in [1.54, 1.807) is 24.1 Å². The fourth-order valence-corrected chi connectivity index (χ4v) is 4.08. The van der Waals surface area contributed by atoms with Crippen LogP contribution in [0.2, 0.25) is 0 Å². The number of hydrogen-bond donors (Lipinski definition) is 1. The molecule has 1 aliphatic rings. The van der Waals surface area contributed by atoms with Crippen LogP contribution in [0.15, 0.2) is 42.5 Å². The average molecular weight is 395 g/mol. The zero-order valence-corrected chi connectivity index (χ0v) is 15.3. The van der Waals surface area contributed by atoms with E-state index in [0.717, 1.165) is 17.2 Å². The molecule has 1 aliphatic carbocycles. The van der Waals surface area contributed by atoms with E-state index in [2.05, 4.69) is 0 Å². The molecule has 0 fully saturated rings. The van der Waals surface area contributed by atoms with Gasteiger partial charge in [0.2, 0.25) is 0 Å². The molecule has 7 heteroatoms. The number of alkyl halides is 3. The molecule has 0 radical (unpaired) electrons. The molecule has 0 aliphatic heterocycles. The first-order valence-electron chi connectivity index (χ1n) is 9.01. The molecule has 3 nitrogen and oxygen atoms in total. The molecule has 2 aromatic rings. The van der Waals surface area contributed by atoms with Crippen molar-refractivity contribution in [2.24, 2.45) is 5.92 Å². The number of aryl methyl sites for hydroxylation is 1. The van der Waals surface area contributed by atoms with Crippen LogP contribution in [0.25, 0.3) is 0 Å². The lowest BCUT2D eigenvalue weighted by Crippen LogP contribution is -2.35. The van der Waals surface area contributed by atoms with Gasteiger partial charge in [0.05, 0.1) is 12.1 Å². The molecule has 3 rings (SSSR count). The number of carboxylic acids is 1. The molecule has 0 saturated heterocycles. The molecule has 1 N–H and O–H groups in total. The maximum atomic E-state index is 13.4. The monoisotopic (exact) mass is 395 g/mol. The highest BCUT2D eigenvalue weighted by Crippen LogP contribution is 2.43. The third-order valence-corrected chi connectivity index (χ3v) is 5.24. The van der Waals surface area contributed by atoms with E-state index in [4.69, 9.17) is 5.11 Å². The van der Waals surface area contributed by atoms with Crippen molar-refractivity contribution in [3.8, 4) is 0 Å². The molecule has 0 spiro atoms. The van der Waals surface area contributed by atoms with Crippen molar-refractivity contribution in [3.63, 3.8) is 0 Å². The summed E-state index contributed by atoms with van der Waals surface area (Å²) in [6.07, 6.45) is -3.29. The predicted molar refractivity (Wildman–Crippen MR) is 96.6 cm³/mol. The van der Waals surface area contributed by atoms with E-state index in [0.29, 0.717) is 24.9 Å². The van der Waals surface area contributed by atoms with Gasteiger partial charge < -0.3 is 5.11 Å². The van der Waals surface area contributed by atoms with Gasteiger partial charge in [-0.1, -0.05) is 18.2 Å². The van der Waals surface area contributed by atoms with Crippen molar-refractivity contribution in [2.75, 3.05) is 20.1 Å². The number of carbonyl (C=O) groups is 1. The highest BCUT2D eigenvalue weighted by atomic mass is 19.4. The largest absolute Gasteiger partial charge is 0.480 e. The van der Waals surface area contributed by atoms with E-state index in [-0.39, 0.29) is 24.2 Å². The number of rotatable bonds is 5. The Morgan fingerprint density at radius 3 is 2.46 bits per heavy atom. The first-order valence-corrected chi connectivity index (χ1v) is 9.01. The third-order valence-electron chi connectivity index (χ3n) is 5.24. The standard InChI is InChI=1S/C21H21F4NO2/c1-26(12-19(27)28)11-15-3-2-14-10-16(21(23,24)25)6-9-18(14)20(15)13-4-7-17(22)8-5-13/h4-10,15,20H,2-3,11-12H2,1H3,(H,27,28)/t15-,20+/m1/s1. The van der Waals surface area contributed by atoms with Gasteiger partial charge in [0, 0.05) is 12.5 Å². The Morgan fingerprint density at radius 1 is 1.18 bits per heavy atom. The second kappa shape index (κ2) is 7.91. The van der Waals surface area contributed by atoms with E-state index < -0.39 is 17.7 Å². The van der Waals surface area contributed by atoms with E-state index in [1.165, 1.54) is 24.3 Å². The minimum absolute atomic E-state index is 0.0130. The zero-order chi connectivity index (χ0) is 20.5. The molecule has 0 unspecified atom stereocenters. The molecular weight excluding hydrogens is 374 g/mol. The van der Waals surface area contributed by atoms with Crippen molar-refractivity contribution in [3.05, 3.63) is 70.5 Å². The van der Waals surface area contributed by atoms with Crippen LogP contribution in [-0.4, -0.2) is 36.1 Å². The number of likely N-dealkylation sites (N-methyl/N-ethyl adjacent to an activating group) is 1. The fourth-order valence-electron chi connectivity index (χ4n) is 4.08. The molecule has 2 atom stereocenters. The summed E-state index contributed by atoms with van der Waals surface area (Å²) >= 11 is 0. The van der Waals surface area contributed by atoms with Gasteiger partial charge in [0.15, 0.2) is 0 Å². The fraction of sp³-hybridized carbons (Fsp3) is 0.381. The minimum Gasteiger partial charge on any atom is -0.480 e. The molecule has 0 bridgehead atoms. The lowest BCUT2D eigenvalue weighted by molar-refractivity contribution is -0.138. The smallest absolute Gasteiger partial charge is 0.416 e. The maximum absolute atomic E-state index is 13.4. The zero-order valence-electron chi connectivity index (χ0n) is 15.3. The molecule has 28 heavy (non-hydrogen) atoms. The third kappa shape index (κ3) is 4.52. The van der Waals surface area contributed by atoms with Crippen molar-refractivity contribution in [1.29, 1.82) is 0 Å². The van der Waals surface area contributed by atoms with Crippen molar-refractivity contribution >= 4 is 5.97 Å². The summed E-state index contributed by atoms with van der Waals surface area (Å²) < 4.78 is 52.7. The number of benzene rings is 2. The van der Waals surface area contributed by atoms with Gasteiger partial charge in [-0.15, -0.1) is 0 Å². The number of aliphatic carboxylic acids is 1. The van der Waals surface area contributed by atoms with Crippen LogP contribution in [0.3, 0.4) is 0 Å². The lowest BCUT2D eigenvalue weighted by atomic mass is 9.71. The first-order chi connectivity index (χ1) is 13.1. The number of nitrogens with zero attached hydrogens (tertiary/aromatic N) is 1. The van der Waals surface area contributed by atoms with Gasteiger partial charge in [-0.05, 0) is 66.8 Å². The summed E-state index contributed by atoms with van der Waals surface area (Å²) in [6.45, 7) is 0.362. The lowest BCUT2D eigenvalue weighted by Gasteiger charge is -2.36. The van der Waals surface area contributed by atoms with Crippen LogP contribution in [-0.2, 0) is 17.4 Å². The highest BCUT2D eigenvalue weighted by molar-refractivity contribution is 5.69. The maximum Gasteiger partial charge on any atom is 0.416 e. The van der Waals surface area contributed by atoms with E-state index >= 15 is 0 Å². The molecule has 0 amide bonds. The Kier molecular flexibility index (Phi) is 5.74. The summed E-state index contributed by atoms with van der Waals surface area (Å²) in [7, 11) is 1.71. The summed E-state index contributed by atoms with van der Waals surface area (Å²) in [4.78, 5) is 12.7. The van der Waals surface area contributed by atoms with Gasteiger partial charge in [-0.2, -0.15) is 13.2 Å². The highest BCUT2D eigenvalue weighted by Gasteiger charge is 2.35. The van der Waals surface area contributed by atoms with Crippen LogP contribution in [0.5, 0.6) is 0 Å². The van der Waals surface area contributed by atoms with Gasteiger partial charge >= 0.3 is 12.1 Å². The Hall–Kier alpha value is -2.41. The van der Waals surface area contributed by atoms with E-state index in [9.17, 15) is 22.4 Å². The van der Waals surface area contributed by atoms with Gasteiger partial charge in [0.25, 0.3) is 0 Å². The van der Waals surface area contributed by atoms with E-state index in [1.807, 2.05) is 0 Å². The molecular formula is C21H21F4NO2. The molecule has 0 aromatic heterocycles. The molecule has 150 valence electrons. The first kappa shape index (κ1) is 20.3. The van der Waals surface area contributed by atoms with Crippen LogP contribution < -0.4 is 0 Å². The summed E-state index contributed by atoms with van der Waals surface area (Å²) in [5.41, 5.74) is 1.57. The Bertz CT molecular complexity index is 848. The number of carboxylic acid groups (broad SMARTS) is 1. The second-order valence-electron chi connectivity index (χ2n) is 7.33. The van der Waals surface area contributed by atoms with Crippen LogP contribution in [0, 0.1) is 11.7 Å². The summed E-state index contributed by atoms with van der Waals surface area (Å²) in [6, 6.07) is 9.77. The Balaban J connectivity index is 1.99. The van der Waals surface area contributed by atoms with Gasteiger partial charge in [-0.3, -0.25) is 9.69 Å². The van der Waals surface area contributed by atoms with Crippen molar-refractivity contribution in [1.82, 2.24) is 4.90 Å². The Morgan fingerprint density at radius 2 is 1.86 bits per heavy atom. The van der Waals surface area contributed by atoms with Crippen LogP contribution >= 0.6 is 0 Å². The quantitative estimate of drug-likeness (QED) is 0.755. The number of hydrogen-bond acceptors (Lipinski definition) is 2. The number of fused-ring (bicyclic) bond motifs is 1. The SMILES string of the molecule is CN(CC(=O)O)C[C@H]1CCc2cc(C(F)(F)F)ccc2[C@H]1c1ccc(F)cc1. The number of halogens is 4. The summed E-state index contributed by atoms with van der Waals surface area (Å²) in [5, 5.41) is 9.00. The average Bonchev–Trinajstić information content (AvgIpc) is 2.60. The summed E-state index contributed by atoms with van der Waals surface area (Å²) in [5.74, 6) is -1.53. The Labute approximate surface area is 160 Å². The van der Waals surface area contributed by atoms with Crippen molar-refractivity contribution < 1.29 is 27.5 Å². The normalized spacial score (nSPS) is 19.5. The molecule has 2 aromatic carbocycles. The second-order valence-corrected chi connectivity index (χ2v) is 7.33. The van der Waals surface area contributed by atoms with Gasteiger partial charge in [0.1, 0.15) is 5.82 Å². The van der Waals surface area contributed by atoms with Gasteiger partial charge in [-0.25, -0.2) is 4.39 Å². The minimum atomic E-state index is -4.40. The van der Waals surface area contributed by atoms with Crippen LogP contribution in [0.1, 0.15) is 34.6 Å². The molecule has 0 heterocycles. The van der Waals surface area contributed by atoms with Crippen LogP contribution in [0.4, 0.5) is 17.6 Å². The molecule has 0 saturated carbocycles. The topological polar surface area (TPSA) is 40.5 Å². The predicted octanol–water partition coefficient (Wildman–Crippen LogP) is 4.56. The van der Waals surface area contributed by atoms with Crippen molar-refractivity contribution in [2.45, 2.75) is 24.9 Å².